The van der Waals surface area contributed by atoms with E-state index in [0.29, 0.717) is 11.3 Å². The molecule has 0 aliphatic rings. The summed E-state index contributed by atoms with van der Waals surface area (Å²) < 4.78 is 13.7. The second-order valence-electron chi connectivity index (χ2n) is 4.39. The lowest BCUT2D eigenvalue weighted by atomic mass is 10.1. The first-order chi connectivity index (χ1) is 9.90. The van der Waals surface area contributed by atoms with Gasteiger partial charge in [-0.2, -0.15) is 0 Å². The molecule has 0 unspecified atom stereocenters. The van der Waals surface area contributed by atoms with Crippen LogP contribution in [0.1, 0.15) is 26.3 Å². The second kappa shape index (κ2) is 5.93. The van der Waals surface area contributed by atoms with E-state index < -0.39 is 17.7 Å². The van der Waals surface area contributed by atoms with Gasteiger partial charge in [0.15, 0.2) is 0 Å². The van der Waals surface area contributed by atoms with E-state index in [9.17, 15) is 14.0 Å². The normalized spacial score (nSPS) is 10.2. The number of carbonyl (C=O) groups excluding carboxylic acids is 1. The number of aromatic carboxylic acids is 1. The number of rotatable bonds is 3. The second-order valence-corrected chi connectivity index (χ2v) is 4.79. The number of carbonyl (C=O) groups is 2. The zero-order valence-corrected chi connectivity index (χ0v) is 11.7. The molecular formula is C15H11ClFNO3. The Morgan fingerprint density at radius 3 is 2.57 bits per heavy atom. The molecule has 21 heavy (non-hydrogen) atoms. The smallest absolute Gasteiger partial charge is 0.335 e. The number of hydrogen-bond donors (Lipinski definition) is 2. The van der Waals surface area contributed by atoms with E-state index >= 15 is 0 Å². The van der Waals surface area contributed by atoms with Gasteiger partial charge in [-0.3, -0.25) is 4.79 Å². The number of carboxylic acids is 1. The number of halogens is 2. The SMILES string of the molecule is Cc1ccc(C(=O)O)cc1NC(=O)c1c(F)cccc1Cl. The van der Waals surface area contributed by atoms with Crippen LogP contribution in [0.25, 0.3) is 0 Å². The van der Waals surface area contributed by atoms with E-state index in [-0.39, 0.29) is 16.1 Å². The molecule has 2 rings (SSSR count). The van der Waals surface area contributed by atoms with Gasteiger partial charge in [0.05, 0.1) is 16.1 Å². The zero-order valence-electron chi connectivity index (χ0n) is 11.0. The fourth-order valence-electron chi connectivity index (χ4n) is 1.79. The Bertz CT molecular complexity index is 711. The molecule has 0 saturated heterocycles. The van der Waals surface area contributed by atoms with Crippen molar-refractivity contribution in [2.75, 3.05) is 5.32 Å². The fraction of sp³-hybridized carbons (Fsp3) is 0.0667. The summed E-state index contributed by atoms with van der Waals surface area (Å²) >= 11 is 5.82. The van der Waals surface area contributed by atoms with Gasteiger partial charge >= 0.3 is 5.97 Å². The van der Waals surface area contributed by atoms with Gasteiger partial charge in [0.1, 0.15) is 5.82 Å². The minimum atomic E-state index is -1.12. The molecule has 0 saturated carbocycles. The van der Waals surface area contributed by atoms with Crippen LogP contribution in [0, 0.1) is 12.7 Å². The van der Waals surface area contributed by atoms with E-state index in [1.54, 1.807) is 13.0 Å². The molecule has 6 heteroatoms. The number of aryl methyl sites for hydroxylation is 1. The summed E-state index contributed by atoms with van der Waals surface area (Å²) in [6, 6.07) is 8.21. The quantitative estimate of drug-likeness (QED) is 0.907. The minimum absolute atomic E-state index is 0.0143. The molecule has 0 atom stereocenters. The largest absolute Gasteiger partial charge is 0.478 e. The third-order valence-corrected chi connectivity index (χ3v) is 3.24. The van der Waals surface area contributed by atoms with Crippen LogP contribution in [0.5, 0.6) is 0 Å². The van der Waals surface area contributed by atoms with Crippen LogP contribution in [0.15, 0.2) is 36.4 Å². The van der Waals surface area contributed by atoms with Crippen molar-refractivity contribution in [1.82, 2.24) is 0 Å². The summed E-state index contributed by atoms with van der Waals surface area (Å²) in [6.45, 7) is 1.70. The summed E-state index contributed by atoms with van der Waals surface area (Å²) in [7, 11) is 0. The Labute approximate surface area is 125 Å². The number of anilines is 1. The zero-order chi connectivity index (χ0) is 15.6. The van der Waals surface area contributed by atoms with Crippen LogP contribution in [-0.4, -0.2) is 17.0 Å². The maximum absolute atomic E-state index is 13.7. The molecular weight excluding hydrogens is 297 g/mol. The third kappa shape index (κ3) is 3.20. The molecule has 0 radical (unpaired) electrons. The van der Waals surface area contributed by atoms with Gasteiger partial charge in [-0.1, -0.05) is 23.7 Å². The molecule has 1 amide bonds. The lowest BCUT2D eigenvalue weighted by Gasteiger charge is -2.10. The van der Waals surface area contributed by atoms with Crippen LogP contribution >= 0.6 is 11.6 Å². The maximum Gasteiger partial charge on any atom is 0.335 e. The highest BCUT2D eigenvalue weighted by molar-refractivity contribution is 6.34. The predicted octanol–water partition coefficient (Wildman–Crippen LogP) is 3.74. The molecule has 0 fully saturated rings. The molecule has 0 aliphatic carbocycles. The molecule has 0 spiro atoms. The van der Waals surface area contributed by atoms with Crippen LogP contribution < -0.4 is 5.32 Å². The van der Waals surface area contributed by atoms with Gasteiger partial charge in [0.2, 0.25) is 0 Å². The Morgan fingerprint density at radius 1 is 1.24 bits per heavy atom. The first-order valence-electron chi connectivity index (χ1n) is 5.99. The summed E-state index contributed by atoms with van der Waals surface area (Å²) in [5, 5.41) is 11.4. The number of carboxylic acid groups (broad SMARTS) is 1. The predicted molar refractivity (Wildman–Crippen MR) is 77.5 cm³/mol. The number of nitrogens with one attached hydrogen (secondary N) is 1. The molecule has 0 bridgehead atoms. The van der Waals surface area contributed by atoms with E-state index in [4.69, 9.17) is 16.7 Å². The van der Waals surface area contributed by atoms with Crippen LogP contribution in [0.3, 0.4) is 0 Å². The topological polar surface area (TPSA) is 66.4 Å². The summed E-state index contributed by atoms with van der Waals surface area (Å²) in [4.78, 5) is 23.0. The summed E-state index contributed by atoms with van der Waals surface area (Å²) in [5.74, 6) is -2.59. The van der Waals surface area contributed by atoms with Crippen molar-refractivity contribution in [3.8, 4) is 0 Å². The number of amides is 1. The number of hydrogen-bond acceptors (Lipinski definition) is 2. The van der Waals surface area contributed by atoms with Crippen LogP contribution in [0.4, 0.5) is 10.1 Å². The molecule has 2 aromatic carbocycles. The lowest BCUT2D eigenvalue weighted by molar-refractivity contribution is 0.0696. The van der Waals surface area contributed by atoms with E-state index in [2.05, 4.69) is 5.32 Å². The van der Waals surface area contributed by atoms with Crippen molar-refractivity contribution in [2.24, 2.45) is 0 Å². The lowest BCUT2D eigenvalue weighted by Crippen LogP contribution is -2.15. The van der Waals surface area contributed by atoms with Crippen LogP contribution in [-0.2, 0) is 0 Å². The van der Waals surface area contributed by atoms with E-state index in [1.165, 1.54) is 24.3 Å². The highest BCUT2D eigenvalue weighted by Crippen LogP contribution is 2.22. The van der Waals surface area contributed by atoms with Gasteiger partial charge in [0.25, 0.3) is 5.91 Å². The van der Waals surface area contributed by atoms with Crippen molar-refractivity contribution in [2.45, 2.75) is 6.92 Å². The van der Waals surface area contributed by atoms with E-state index in [0.717, 1.165) is 6.07 Å². The fourth-order valence-corrected chi connectivity index (χ4v) is 2.04. The van der Waals surface area contributed by atoms with Crippen molar-refractivity contribution in [3.63, 3.8) is 0 Å². The molecule has 0 aliphatic heterocycles. The Kier molecular flexibility index (Phi) is 4.23. The average Bonchev–Trinajstić information content (AvgIpc) is 2.40. The third-order valence-electron chi connectivity index (χ3n) is 2.92. The van der Waals surface area contributed by atoms with Gasteiger partial charge in [-0.15, -0.1) is 0 Å². The molecule has 2 N–H and O–H groups in total. The standard InChI is InChI=1S/C15H11ClFNO3/c1-8-5-6-9(15(20)21)7-12(8)18-14(19)13-10(16)3-2-4-11(13)17/h2-7H,1H3,(H,18,19)(H,20,21). The van der Waals surface area contributed by atoms with Gasteiger partial charge < -0.3 is 10.4 Å². The Balaban J connectivity index is 2.36. The monoisotopic (exact) mass is 307 g/mol. The van der Waals surface area contributed by atoms with Crippen molar-refractivity contribution < 1.29 is 19.1 Å². The van der Waals surface area contributed by atoms with E-state index in [1.807, 2.05) is 0 Å². The molecule has 0 heterocycles. The van der Waals surface area contributed by atoms with Crippen molar-refractivity contribution in [1.29, 1.82) is 0 Å². The van der Waals surface area contributed by atoms with Crippen LogP contribution in [0.2, 0.25) is 5.02 Å². The minimum Gasteiger partial charge on any atom is -0.478 e. The van der Waals surface area contributed by atoms with Crippen molar-refractivity contribution in [3.05, 3.63) is 63.9 Å². The van der Waals surface area contributed by atoms with Gasteiger partial charge in [0, 0.05) is 5.69 Å². The molecule has 2 aromatic rings. The highest BCUT2D eigenvalue weighted by atomic mass is 35.5. The summed E-state index contributed by atoms with van der Waals surface area (Å²) in [6.07, 6.45) is 0. The first kappa shape index (κ1) is 15.0. The van der Waals surface area contributed by atoms with Gasteiger partial charge in [-0.05, 0) is 36.8 Å². The maximum atomic E-state index is 13.7. The molecule has 0 aromatic heterocycles. The summed E-state index contributed by atoms with van der Waals surface area (Å²) in [5.41, 5.74) is 0.690. The van der Waals surface area contributed by atoms with Crippen molar-refractivity contribution >= 4 is 29.2 Å². The average molecular weight is 308 g/mol. The molecule has 108 valence electrons. The van der Waals surface area contributed by atoms with Gasteiger partial charge in [-0.25, -0.2) is 9.18 Å². The number of benzene rings is 2. The molecule has 4 nitrogen and oxygen atoms in total. The first-order valence-corrected chi connectivity index (χ1v) is 6.37. The Hall–Kier alpha value is -2.40. The highest BCUT2D eigenvalue weighted by Gasteiger charge is 2.17. The Morgan fingerprint density at radius 2 is 1.95 bits per heavy atom.